The number of aromatic nitrogens is 1. The summed E-state index contributed by atoms with van der Waals surface area (Å²) < 4.78 is 33.7. The first-order valence-corrected chi connectivity index (χ1v) is 12.6. The molecule has 0 aliphatic rings. The van der Waals surface area contributed by atoms with E-state index < -0.39 is 10.0 Å². The summed E-state index contributed by atoms with van der Waals surface area (Å²) in [6, 6.07) is 21.0. The van der Waals surface area contributed by atoms with Crippen LogP contribution in [0.3, 0.4) is 0 Å². The van der Waals surface area contributed by atoms with Crippen LogP contribution in [0.4, 0.5) is 0 Å². The predicted molar refractivity (Wildman–Crippen MR) is 135 cm³/mol. The molecule has 1 aromatic heterocycles. The van der Waals surface area contributed by atoms with Crippen molar-refractivity contribution in [3.63, 3.8) is 0 Å². The van der Waals surface area contributed by atoms with Gasteiger partial charge in [0.05, 0.1) is 12.0 Å². The number of methoxy groups -OCH3 is 1. The van der Waals surface area contributed by atoms with Crippen LogP contribution in [0.5, 0.6) is 5.75 Å². The standard InChI is InChI=1S/C26H25ClN2O4S/c1-18-4-3-5-19(14-18)12-13-29(34(31,32)24-9-6-22(27)7-10-24)17-21-15-20-16-23(33-2)8-11-25(20)28-26(21)30/h3-11,14-16H,12-13,17H2,1-2H3,(H,28,30). The van der Waals surface area contributed by atoms with Gasteiger partial charge < -0.3 is 9.72 Å². The summed E-state index contributed by atoms with van der Waals surface area (Å²) in [5.41, 5.74) is 2.80. The van der Waals surface area contributed by atoms with E-state index in [1.165, 1.54) is 16.4 Å². The van der Waals surface area contributed by atoms with E-state index in [4.69, 9.17) is 16.3 Å². The molecule has 1 N–H and O–H groups in total. The Labute approximate surface area is 203 Å². The Kier molecular flexibility index (Phi) is 7.07. The smallest absolute Gasteiger partial charge is 0.252 e. The minimum absolute atomic E-state index is 0.0702. The number of halogens is 1. The number of benzene rings is 3. The summed E-state index contributed by atoms with van der Waals surface area (Å²) >= 11 is 5.96. The van der Waals surface area contributed by atoms with E-state index in [2.05, 4.69) is 4.98 Å². The normalized spacial score (nSPS) is 11.8. The molecule has 176 valence electrons. The zero-order valence-electron chi connectivity index (χ0n) is 18.9. The first kappa shape index (κ1) is 24.0. The fourth-order valence-electron chi connectivity index (χ4n) is 3.83. The molecule has 0 aliphatic heterocycles. The van der Waals surface area contributed by atoms with E-state index in [0.717, 1.165) is 16.5 Å². The molecule has 0 radical (unpaired) electrons. The minimum Gasteiger partial charge on any atom is -0.497 e. The highest BCUT2D eigenvalue weighted by atomic mass is 35.5. The SMILES string of the molecule is COc1ccc2[nH]c(=O)c(CN(CCc3cccc(C)c3)S(=O)(=O)c3ccc(Cl)cc3)cc2c1. The van der Waals surface area contributed by atoms with Crippen molar-refractivity contribution in [2.24, 2.45) is 0 Å². The lowest BCUT2D eigenvalue weighted by Crippen LogP contribution is -2.34. The molecule has 0 unspecified atom stereocenters. The summed E-state index contributed by atoms with van der Waals surface area (Å²) in [6.07, 6.45) is 0.508. The molecule has 0 saturated carbocycles. The van der Waals surface area contributed by atoms with Gasteiger partial charge in [-0.05, 0) is 67.4 Å². The fraction of sp³-hybridized carbons (Fsp3) is 0.192. The second-order valence-electron chi connectivity index (χ2n) is 8.11. The summed E-state index contributed by atoms with van der Waals surface area (Å²) in [7, 11) is -2.31. The van der Waals surface area contributed by atoms with Crippen LogP contribution in [-0.4, -0.2) is 31.4 Å². The number of nitrogens with one attached hydrogen (secondary N) is 1. The molecule has 0 spiro atoms. The Bertz CT molecular complexity index is 1480. The van der Waals surface area contributed by atoms with Gasteiger partial charge in [-0.15, -0.1) is 0 Å². The number of sulfonamides is 1. The lowest BCUT2D eigenvalue weighted by Gasteiger charge is -2.22. The van der Waals surface area contributed by atoms with Gasteiger partial charge >= 0.3 is 0 Å². The van der Waals surface area contributed by atoms with E-state index in [0.29, 0.717) is 28.3 Å². The molecule has 3 aromatic carbocycles. The molecule has 0 bridgehead atoms. The number of ether oxygens (including phenoxy) is 1. The number of aromatic amines is 1. The molecular formula is C26H25ClN2O4S. The van der Waals surface area contributed by atoms with Gasteiger partial charge in [0, 0.05) is 34.6 Å². The molecular weight excluding hydrogens is 472 g/mol. The lowest BCUT2D eigenvalue weighted by atomic mass is 10.1. The van der Waals surface area contributed by atoms with Crippen LogP contribution in [0.2, 0.25) is 5.02 Å². The molecule has 0 fully saturated rings. The van der Waals surface area contributed by atoms with Crippen molar-refractivity contribution in [2.45, 2.75) is 24.8 Å². The molecule has 34 heavy (non-hydrogen) atoms. The van der Waals surface area contributed by atoms with E-state index in [1.807, 2.05) is 31.2 Å². The first-order valence-electron chi connectivity index (χ1n) is 10.8. The summed E-state index contributed by atoms with van der Waals surface area (Å²) in [5, 5.41) is 1.21. The van der Waals surface area contributed by atoms with Gasteiger partial charge in [-0.3, -0.25) is 4.79 Å². The van der Waals surface area contributed by atoms with E-state index >= 15 is 0 Å². The lowest BCUT2D eigenvalue weighted by molar-refractivity contribution is 0.408. The highest BCUT2D eigenvalue weighted by Crippen LogP contribution is 2.23. The van der Waals surface area contributed by atoms with Gasteiger partial charge in [0.25, 0.3) is 5.56 Å². The maximum absolute atomic E-state index is 13.6. The number of H-pyrrole nitrogens is 1. The summed E-state index contributed by atoms with van der Waals surface area (Å²) in [4.78, 5) is 15.8. The van der Waals surface area contributed by atoms with Crippen molar-refractivity contribution in [1.82, 2.24) is 9.29 Å². The van der Waals surface area contributed by atoms with Crippen molar-refractivity contribution in [1.29, 1.82) is 0 Å². The first-order chi connectivity index (χ1) is 16.3. The quantitative estimate of drug-likeness (QED) is 0.375. The van der Waals surface area contributed by atoms with Crippen LogP contribution in [0, 0.1) is 6.92 Å². The van der Waals surface area contributed by atoms with Gasteiger partial charge in [0.15, 0.2) is 0 Å². The maximum Gasteiger partial charge on any atom is 0.252 e. The third kappa shape index (κ3) is 5.33. The van der Waals surface area contributed by atoms with Crippen LogP contribution in [0.15, 0.2) is 82.5 Å². The second-order valence-corrected chi connectivity index (χ2v) is 10.5. The Morgan fingerprint density at radius 3 is 2.47 bits per heavy atom. The van der Waals surface area contributed by atoms with Crippen LogP contribution in [0.25, 0.3) is 10.9 Å². The highest BCUT2D eigenvalue weighted by molar-refractivity contribution is 7.89. The van der Waals surface area contributed by atoms with Crippen LogP contribution >= 0.6 is 11.6 Å². The number of nitrogens with zero attached hydrogens (tertiary/aromatic N) is 1. The minimum atomic E-state index is -3.88. The second kappa shape index (κ2) is 10.0. The third-order valence-electron chi connectivity index (χ3n) is 5.66. The summed E-state index contributed by atoms with van der Waals surface area (Å²) in [5.74, 6) is 0.649. The van der Waals surface area contributed by atoms with Gasteiger partial charge in [0.2, 0.25) is 10.0 Å². The van der Waals surface area contributed by atoms with Crippen molar-refractivity contribution < 1.29 is 13.2 Å². The molecule has 0 aliphatic carbocycles. The largest absolute Gasteiger partial charge is 0.497 e. The van der Waals surface area contributed by atoms with E-state index in [9.17, 15) is 13.2 Å². The van der Waals surface area contributed by atoms with Gasteiger partial charge in [-0.25, -0.2) is 8.42 Å². The Morgan fingerprint density at radius 2 is 1.76 bits per heavy atom. The van der Waals surface area contributed by atoms with E-state index in [1.54, 1.807) is 43.5 Å². The zero-order chi connectivity index (χ0) is 24.3. The number of aryl methyl sites for hydroxylation is 1. The Morgan fingerprint density at radius 1 is 1.00 bits per heavy atom. The molecule has 6 nitrogen and oxygen atoms in total. The van der Waals surface area contributed by atoms with Crippen molar-refractivity contribution in [2.75, 3.05) is 13.7 Å². The average Bonchev–Trinajstić information content (AvgIpc) is 2.82. The molecule has 8 heteroatoms. The average molecular weight is 497 g/mol. The number of hydrogen-bond acceptors (Lipinski definition) is 4. The zero-order valence-corrected chi connectivity index (χ0v) is 20.5. The maximum atomic E-state index is 13.6. The number of fused-ring (bicyclic) bond motifs is 1. The fourth-order valence-corrected chi connectivity index (χ4v) is 5.37. The molecule has 0 atom stereocenters. The van der Waals surface area contributed by atoms with Gasteiger partial charge in [-0.2, -0.15) is 4.31 Å². The van der Waals surface area contributed by atoms with Crippen molar-refractivity contribution >= 4 is 32.5 Å². The van der Waals surface area contributed by atoms with Crippen LogP contribution < -0.4 is 10.3 Å². The number of hydrogen-bond donors (Lipinski definition) is 1. The number of pyridine rings is 1. The van der Waals surface area contributed by atoms with Crippen LogP contribution in [-0.2, 0) is 23.0 Å². The molecule has 0 saturated heterocycles. The third-order valence-corrected chi connectivity index (χ3v) is 7.77. The van der Waals surface area contributed by atoms with Crippen molar-refractivity contribution in [3.8, 4) is 5.75 Å². The van der Waals surface area contributed by atoms with Crippen LogP contribution in [0.1, 0.15) is 16.7 Å². The topological polar surface area (TPSA) is 79.5 Å². The van der Waals surface area contributed by atoms with Crippen molar-refractivity contribution in [3.05, 3.63) is 105 Å². The van der Waals surface area contributed by atoms with Gasteiger partial charge in [0.1, 0.15) is 5.75 Å². The molecule has 4 rings (SSSR count). The highest BCUT2D eigenvalue weighted by Gasteiger charge is 2.25. The predicted octanol–water partition coefficient (Wildman–Crippen LogP) is 4.93. The molecule has 0 amide bonds. The number of rotatable bonds is 8. The summed E-state index contributed by atoms with van der Waals surface area (Å²) in [6.45, 7) is 2.14. The monoisotopic (exact) mass is 496 g/mol. The van der Waals surface area contributed by atoms with E-state index in [-0.39, 0.29) is 23.5 Å². The molecule has 4 aromatic rings. The Balaban J connectivity index is 1.72. The van der Waals surface area contributed by atoms with Gasteiger partial charge in [-0.1, -0.05) is 41.4 Å². The molecule has 1 heterocycles. The Hall–Kier alpha value is -3.13.